The van der Waals surface area contributed by atoms with Gasteiger partial charge in [0, 0.05) is 12.3 Å². The number of halogens is 1. The Hall–Kier alpha value is -1.26. The maximum Gasteiger partial charge on any atom is 0.263 e. The van der Waals surface area contributed by atoms with Crippen LogP contribution in [-0.2, 0) is 9.53 Å². The number of alkyl halides is 1. The van der Waals surface area contributed by atoms with Crippen LogP contribution >= 0.6 is 0 Å². The van der Waals surface area contributed by atoms with E-state index in [-0.39, 0.29) is 0 Å². The van der Waals surface area contributed by atoms with Crippen molar-refractivity contribution in [3.05, 3.63) is 12.3 Å². The number of amides is 1. The molecule has 8 nitrogen and oxygen atoms in total. The Morgan fingerprint density at radius 1 is 1.50 bits per heavy atom. The van der Waals surface area contributed by atoms with Crippen molar-refractivity contribution in [1.29, 1.82) is 0 Å². The van der Waals surface area contributed by atoms with E-state index < -0.39 is 43.2 Å². The van der Waals surface area contributed by atoms with Gasteiger partial charge in [-0.3, -0.25) is 4.79 Å². The molecule has 2 heterocycles. The first-order valence-electron chi connectivity index (χ1n) is 5.17. The van der Waals surface area contributed by atoms with Crippen molar-refractivity contribution in [2.75, 3.05) is 6.61 Å². The molecule has 0 radical (unpaired) electrons. The molecule has 0 aliphatic carbocycles. The van der Waals surface area contributed by atoms with E-state index in [4.69, 9.17) is 9.84 Å². The molecule has 0 aromatic heterocycles. The number of carbonyl (C=O) groups excluding carboxylic acids is 1. The molecule has 102 valence electrons. The summed E-state index contributed by atoms with van der Waals surface area (Å²) in [6.45, 7) is -1.15. The van der Waals surface area contributed by atoms with E-state index in [1.54, 1.807) is 0 Å². The minimum Gasteiger partial charge on any atom is -0.390 e. The fraction of sp³-hybridized carbons (Fsp3) is 0.667. The van der Waals surface area contributed by atoms with E-state index in [0.717, 1.165) is 17.2 Å². The maximum atomic E-state index is 13.8. The number of hydrogen-bond acceptors (Lipinski definition) is 7. The number of hydrogen-bond donors (Lipinski definition) is 5. The molecule has 1 amide bonds. The van der Waals surface area contributed by atoms with Crippen molar-refractivity contribution in [2.24, 2.45) is 0 Å². The van der Waals surface area contributed by atoms with Gasteiger partial charge in [0.15, 0.2) is 6.23 Å². The smallest absolute Gasteiger partial charge is 0.263 e. The Morgan fingerprint density at radius 3 is 2.67 bits per heavy atom. The molecule has 0 bridgehead atoms. The average Bonchev–Trinajstić information content (AvgIpc) is 2.55. The summed E-state index contributed by atoms with van der Waals surface area (Å²) < 4.78 is 18.5. The number of nitrogens with one attached hydrogen (secondary N) is 1. The highest BCUT2D eigenvalue weighted by Crippen LogP contribution is 2.34. The molecule has 18 heavy (non-hydrogen) atoms. The van der Waals surface area contributed by atoms with E-state index in [1.165, 1.54) is 0 Å². The van der Waals surface area contributed by atoms with Gasteiger partial charge in [-0.1, -0.05) is 0 Å². The van der Waals surface area contributed by atoms with Gasteiger partial charge in [0.25, 0.3) is 5.85 Å². The summed E-state index contributed by atoms with van der Waals surface area (Å²) in [6.07, 6.45) is -4.51. The number of aliphatic hydroxyl groups excluding tert-OH is 4. The number of ether oxygens (including phenoxy) is 1. The fourth-order valence-corrected chi connectivity index (χ4v) is 1.83. The Labute approximate surface area is 101 Å². The standard InChI is InChI=1S/C9H13FN2O6/c10-9(3-13)6(16)5(15)7(18-9)12-2-1-4(14)11-8(12)17/h1-2,5-8,13,15-17H,3H2,(H,11,14)/t5-,6+,7-,8?,9-/m1/s1. The second kappa shape index (κ2) is 4.44. The zero-order chi connectivity index (χ0) is 13.5. The highest BCUT2D eigenvalue weighted by molar-refractivity contribution is 5.88. The Balaban J connectivity index is 2.20. The van der Waals surface area contributed by atoms with Gasteiger partial charge in [0.1, 0.15) is 18.8 Å². The molecule has 9 heteroatoms. The molecule has 1 fully saturated rings. The molecule has 1 unspecified atom stereocenters. The average molecular weight is 264 g/mol. The molecule has 5 atom stereocenters. The molecule has 0 aromatic carbocycles. The first-order valence-corrected chi connectivity index (χ1v) is 5.17. The van der Waals surface area contributed by atoms with Gasteiger partial charge < -0.3 is 35.4 Å². The molecule has 0 aromatic rings. The van der Waals surface area contributed by atoms with E-state index >= 15 is 0 Å². The minimum absolute atomic E-state index is 0.569. The highest BCUT2D eigenvalue weighted by Gasteiger charge is 2.57. The van der Waals surface area contributed by atoms with Gasteiger partial charge in [-0.15, -0.1) is 0 Å². The van der Waals surface area contributed by atoms with Gasteiger partial charge in [-0.05, 0) is 0 Å². The summed E-state index contributed by atoms with van der Waals surface area (Å²) in [5.74, 6) is -3.39. The first kappa shape index (κ1) is 13.2. The second-order valence-electron chi connectivity index (χ2n) is 4.03. The lowest BCUT2D eigenvalue weighted by Gasteiger charge is -2.35. The summed E-state index contributed by atoms with van der Waals surface area (Å²) in [5.41, 5.74) is 0. The largest absolute Gasteiger partial charge is 0.390 e. The van der Waals surface area contributed by atoms with Gasteiger partial charge in [-0.2, -0.15) is 0 Å². The molecule has 2 rings (SSSR count). The number of carbonyl (C=O) groups is 1. The summed E-state index contributed by atoms with van der Waals surface area (Å²) in [7, 11) is 0. The number of aliphatic hydroxyl groups is 4. The molecule has 0 saturated carbocycles. The SMILES string of the molecule is O=C1C=CN([C@@H]2O[C@](F)(CO)[C@@H](O)[C@H]2O)C(O)N1. The van der Waals surface area contributed by atoms with Crippen molar-refractivity contribution >= 4 is 5.91 Å². The zero-order valence-corrected chi connectivity index (χ0v) is 9.10. The maximum absolute atomic E-state index is 13.8. The van der Waals surface area contributed by atoms with E-state index in [1.807, 2.05) is 0 Å². The predicted molar refractivity (Wildman–Crippen MR) is 52.9 cm³/mol. The van der Waals surface area contributed by atoms with E-state index in [2.05, 4.69) is 5.32 Å². The molecule has 5 N–H and O–H groups in total. The molecule has 2 aliphatic heterocycles. The monoisotopic (exact) mass is 264 g/mol. The van der Waals surface area contributed by atoms with Crippen molar-refractivity contribution in [3.63, 3.8) is 0 Å². The van der Waals surface area contributed by atoms with Gasteiger partial charge in [0.05, 0.1) is 0 Å². The normalized spacial score (nSPS) is 44.3. The van der Waals surface area contributed by atoms with Crippen LogP contribution in [0, 0.1) is 0 Å². The van der Waals surface area contributed by atoms with Crippen molar-refractivity contribution < 1.29 is 34.3 Å². The van der Waals surface area contributed by atoms with E-state index in [0.29, 0.717) is 0 Å². The van der Waals surface area contributed by atoms with Gasteiger partial charge >= 0.3 is 0 Å². The lowest BCUT2D eigenvalue weighted by Crippen LogP contribution is -2.55. The lowest BCUT2D eigenvalue weighted by molar-refractivity contribution is -0.226. The third-order valence-corrected chi connectivity index (χ3v) is 2.84. The summed E-state index contributed by atoms with van der Waals surface area (Å²) in [6, 6.07) is 0. The Kier molecular flexibility index (Phi) is 3.25. The van der Waals surface area contributed by atoms with Crippen LogP contribution < -0.4 is 5.32 Å². The molecule has 2 aliphatic rings. The minimum atomic E-state index is -2.82. The fourth-order valence-electron chi connectivity index (χ4n) is 1.83. The molecule has 0 spiro atoms. The zero-order valence-electron chi connectivity index (χ0n) is 9.10. The van der Waals surface area contributed by atoms with Crippen molar-refractivity contribution in [3.8, 4) is 0 Å². The van der Waals surface area contributed by atoms with Crippen LogP contribution in [-0.4, -0.2) is 68.5 Å². The van der Waals surface area contributed by atoms with Crippen molar-refractivity contribution in [1.82, 2.24) is 10.2 Å². The Morgan fingerprint density at radius 2 is 2.17 bits per heavy atom. The third kappa shape index (κ3) is 1.95. The predicted octanol–water partition coefficient (Wildman–Crippen LogP) is -3.06. The van der Waals surface area contributed by atoms with Crippen molar-refractivity contribution in [2.45, 2.75) is 30.6 Å². The highest BCUT2D eigenvalue weighted by atomic mass is 19.2. The Bertz CT molecular complexity index is 380. The van der Waals surface area contributed by atoms with Gasteiger partial charge in [0.2, 0.25) is 12.3 Å². The summed E-state index contributed by atoms with van der Waals surface area (Å²) in [4.78, 5) is 11.8. The quantitative estimate of drug-likeness (QED) is 0.359. The number of rotatable bonds is 2. The van der Waals surface area contributed by atoms with Crippen LogP contribution in [0.2, 0.25) is 0 Å². The molecule has 1 saturated heterocycles. The van der Waals surface area contributed by atoms with Crippen LogP contribution in [0.1, 0.15) is 0 Å². The van der Waals surface area contributed by atoms with Crippen LogP contribution in [0.5, 0.6) is 0 Å². The van der Waals surface area contributed by atoms with Gasteiger partial charge in [-0.25, -0.2) is 4.39 Å². The van der Waals surface area contributed by atoms with Crippen LogP contribution in [0.4, 0.5) is 4.39 Å². The van der Waals surface area contributed by atoms with Crippen LogP contribution in [0.15, 0.2) is 12.3 Å². The number of nitrogens with zero attached hydrogens (tertiary/aromatic N) is 1. The second-order valence-corrected chi connectivity index (χ2v) is 4.03. The lowest BCUT2D eigenvalue weighted by atomic mass is 10.1. The van der Waals surface area contributed by atoms with Crippen LogP contribution in [0.3, 0.4) is 0 Å². The summed E-state index contributed by atoms with van der Waals surface area (Å²) >= 11 is 0. The van der Waals surface area contributed by atoms with Crippen LogP contribution in [0.25, 0.3) is 0 Å². The summed E-state index contributed by atoms with van der Waals surface area (Å²) in [5, 5.41) is 39.5. The molecular formula is C9H13FN2O6. The van der Waals surface area contributed by atoms with E-state index in [9.17, 15) is 24.5 Å². The third-order valence-electron chi connectivity index (χ3n) is 2.84. The topological polar surface area (TPSA) is 122 Å². The first-order chi connectivity index (χ1) is 8.39. The molecular weight excluding hydrogens is 251 g/mol.